The summed E-state index contributed by atoms with van der Waals surface area (Å²) in [4.78, 5) is 12.2. The summed E-state index contributed by atoms with van der Waals surface area (Å²) in [5.41, 5.74) is -1.33. The van der Waals surface area contributed by atoms with Crippen LogP contribution in [0.3, 0.4) is 0 Å². The molecule has 0 aromatic carbocycles. The van der Waals surface area contributed by atoms with Gasteiger partial charge in [-0.1, -0.05) is 6.42 Å². The fraction of sp³-hybridized carbons (Fsp3) is 0.846. The van der Waals surface area contributed by atoms with Gasteiger partial charge in [-0.05, 0) is 51.9 Å². The van der Waals surface area contributed by atoms with Crippen LogP contribution in [0.2, 0.25) is 0 Å². The molecule has 2 aliphatic rings. The summed E-state index contributed by atoms with van der Waals surface area (Å²) in [6.07, 6.45) is 3.93. The van der Waals surface area contributed by atoms with E-state index < -0.39 is 11.0 Å². The maximum absolute atomic E-state index is 12.2. The van der Waals surface area contributed by atoms with Gasteiger partial charge in [0.25, 0.3) is 0 Å². The van der Waals surface area contributed by atoms with Gasteiger partial charge < -0.3 is 4.74 Å². The molecule has 0 aliphatic heterocycles. The van der Waals surface area contributed by atoms with E-state index in [4.69, 9.17) is 4.74 Å². The second-order valence-corrected chi connectivity index (χ2v) is 6.17. The number of esters is 1. The van der Waals surface area contributed by atoms with E-state index in [-0.39, 0.29) is 11.9 Å². The average molecular weight is 221 g/mol. The highest BCUT2D eigenvalue weighted by molar-refractivity contribution is 5.81. The Labute approximate surface area is 96.8 Å². The summed E-state index contributed by atoms with van der Waals surface area (Å²) in [5.74, 6) is 0.504. The van der Waals surface area contributed by atoms with Gasteiger partial charge in [0.2, 0.25) is 0 Å². The summed E-state index contributed by atoms with van der Waals surface area (Å²) < 4.78 is 5.41. The topological polar surface area (TPSA) is 50.1 Å². The summed E-state index contributed by atoms with van der Waals surface area (Å²) in [5, 5.41) is 9.36. The number of nitrogens with zero attached hydrogens (tertiary/aromatic N) is 1. The van der Waals surface area contributed by atoms with Gasteiger partial charge in [-0.2, -0.15) is 5.26 Å². The van der Waals surface area contributed by atoms with Crippen LogP contribution in [-0.2, 0) is 9.53 Å². The summed E-state index contributed by atoms with van der Waals surface area (Å²) in [7, 11) is 0. The van der Waals surface area contributed by atoms with Crippen molar-refractivity contribution in [1.29, 1.82) is 5.26 Å². The average Bonchev–Trinajstić information content (AvgIpc) is 2.74. The Balaban J connectivity index is 2.18. The molecule has 0 N–H and O–H groups in total. The lowest BCUT2D eigenvalue weighted by molar-refractivity contribution is -0.166. The van der Waals surface area contributed by atoms with E-state index in [2.05, 4.69) is 6.07 Å². The molecule has 0 aromatic heterocycles. The van der Waals surface area contributed by atoms with Crippen LogP contribution < -0.4 is 0 Å². The van der Waals surface area contributed by atoms with E-state index >= 15 is 0 Å². The fourth-order valence-corrected chi connectivity index (χ4v) is 3.13. The lowest BCUT2D eigenvalue weighted by Gasteiger charge is -2.32. The number of carbonyl (C=O) groups is 1. The van der Waals surface area contributed by atoms with Crippen LogP contribution in [0.1, 0.15) is 46.5 Å². The van der Waals surface area contributed by atoms with Gasteiger partial charge in [-0.25, -0.2) is 0 Å². The SMILES string of the molecule is CC(C)(C)OC(=O)C1(C#N)CC2CCC1C2. The van der Waals surface area contributed by atoms with E-state index in [1.54, 1.807) is 0 Å². The summed E-state index contributed by atoms with van der Waals surface area (Å²) >= 11 is 0. The maximum Gasteiger partial charge on any atom is 0.327 e. The number of hydrogen-bond acceptors (Lipinski definition) is 3. The molecule has 0 aromatic rings. The Kier molecular flexibility index (Phi) is 2.49. The van der Waals surface area contributed by atoms with Gasteiger partial charge in [0.1, 0.15) is 5.60 Å². The molecule has 0 heterocycles. The molecule has 2 saturated carbocycles. The minimum atomic E-state index is -0.837. The van der Waals surface area contributed by atoms with Crippen LogP contribution in [-0.4, -0.2) is 11.6 Å². The Bertz CT molecular complexity index is 350. The van der Waals surface area contributed by atoms with Crippen molar-refractivity contribution < 1.29 is 9.53 Å². The zero-order valence-corrected chi connectivity index (χ0v) is 10.2. The van der Waals surface area contributed by atoms with Crippen LogP contribution in [0.25, 0.3) is 0 Å². The van der Waals surface area contributed by atoms with Gasteiger partial charge in [0.05, 0.1) is 6.07 Å². The molecule has 2 fully saturated rings. The van der Waals surface area contributed by atoms with E-state index in [1.807, 2.05) is 20.8 Å². The number of ether oxygens (including phenoxy) is 1. The van der Waals surface area contributed by atoms with Crippen LogP contribution in [0.4, 0.5) is 0 Å². The van der Waals surface area contributed by atoms with Crippen molar-refractivity contribution in [3.8, 4) is 6.07 Å². The van der Waals surface area contributed by atoms with E-state index in [1.165, 1.54) is 6.42 Å². The molecule has 3 heteroatoms. The van der Waals surface area contributed by atoms with Crippen LogP contribution in [0.5, 0.6) is 0 Å². The predicted molar refractivity (Wildman–Crippen MR) is 59.3 cm³/mol. The lowest BCUT2D eigenvalue weighted by atomic mass is 9.74. The van der Waals surface area contributed by atoms with Crippen molar-refractivity contribution in [1.82, 2.24) is 0 Å². The maximum atomic E-state index is 12.2. The van der Waals surface area contributed by atoms with Crippen molar-refractivity contribution in [2.45, 2.75) is 52.1 Å². The molecule has 0 spiro atoms. The Morgan fingerprint density at radius 3 is 2.50 bits per heavy atom. The molecule has 3 unspecified atom stereocenters. The van der Waals surface area contributed by atoms with Crippen molar-refractivity contribution in [2.24, 2.45) is 17.3 Å². The molecule has 3 nitrogen and oxygen atoms in total. The second-order valence-electron chi connectivity index (χ2n) is 6.17. The minimum Gasteiger partial charge on any atom is -0.459 e. The molecule has 3 atom stereocenters. The van der Waals surface area contributed by atoms with Crippen molar-refractivity contribution in [3.63, 3.8) is 0 Å². The largest absolute Gasteiger partial charge is 0.459 e. The third-order valence-corrected chi connectivity index (χ3v) is 3.81. The summed E-state index contributed by atoms with van der Waals surface area (Å²) in [6, 6.07) is 2.26. The third-order valence-electron chi connectivity index (χ3n) is 3.81. The molecule has 16 heavy (non-hydrogen) atoms. The molecule has 2 aliphatic carbocycles. The molecule has 88 valence electrons. The first kappa shape index (κ1) is 11.4. The lowest BCUT2D eigenvalue weighted by Crippen LogP contribution is -2.40. The number of hydrogen-bond donors (Lipinski definition) is 0. The monoisotopic (exact) mass is 221 g/mol. The van der Waals surface area contributed by atoms with E-state index in [9.17, 15) is 10.1 Å². The highest BCUT2D eigenvalue weighted by atomic mass is 16.6. The first-order valence-corrected chi connectivity index (χ1v) is 6.02. The summed E-state index contributed by atoms with van der Waals surface area (Å²) in [6.45, 7) is 5.55. The quantitative estimate of drug-likeness (QED) is 0.639. The van der Waals surface area contributed by atoms with Crippen LogP contribution >= 0.6 is 0 Å². The number of nitriles is 1. The second kappa shape index (κ2) is 3.48. The normalized spacial score (nSPS) is 37.1. The zero-order chi connectivity index (χ0) is 12.0. The van der Waals surface area contributed by atoms with Gasteiger partial charge in [-0.15, -0.1) is 0 Å². The molecular weight excluding hydrogens is 202 g/mol. The zero-order valence-electron chi connectivity index (χ0n) is 10.2. The van der Waals surface area contributed by atoms with E-state index in [0.717, 1.165) is 12.8 Å². The Morgan fingerprint density at radius 2 is 2.12 bits per heavy atom. The van der Waals surface area contributed by atoms with E-state index in [0.29, 0.717) is 12.3 Å². The van der Waals surface area contributed by atoms with Crippen molar-refractivity contribution in [3.05, 3.63) is 0 Å². The molecule has 2 rings (SSSR count). The smallest absolute Gasteiger partial charge is 0.327 e. The standard InChI is InChI=1S/C13H19NO2/c1-12(2,3)16-11(15)13(8-14)7-9-4-5-10(13)6-9/h9-10H,4-7H2,1-3H3. The molecule has 0 radical (unpaired) electrons. The molecule has 0 saturated heterocycles. The molecule has 0 amide bonds. The Hall–Kier alpha value is -1.04. The minimum absolute atomic E-state index is 0.234. The van der Waals surface area contributed by atoms with Gasteiger partial charge in [0.15, 0.2) is 5.41 Å². The van der Waals surface area contributed by atoms with Crippen LogP contribution in [0.15, 0.2) is 0 Å². The first-order chi connectivity index (χ1) is 7.37. The fourth-order valence-electron chi connectivity index (χ4n) is 3.13. The highest BCUT2D eigenvalue weighted by Gasteiger charge is 2.57. The van der Waals surface area contributed by atoms with Gasteiger partial charge in [0, 0.05) is 0 Å². The van der Waals surface area contributed by atoms with Gasteiger partial charge in [-0.3, -0.25) is 4.79 Å². The van der Waals surface area contributed by atoms with Crippen molar-refractivity contribution in [2.75, 3.05) is 0 Å². The number of fused-ring (bicyclic) bond motifs is 2. The van der Waals surface area contributed by atoms with Gasteiger partial charge >= 0.3 is 5.97 Å². The molecule has 2 bridgehead atoms. The number of carbonyl (C=O) groups excluding carboxylic acids is 1. The first-order valence-electron chi connectivity index (χ1n) is 6.02. The van der Waals surface area contributed by atoms with Crippen LogP contribution in [0, 0.1) is 28.6 Å². The number of rotatable bonds is 1. The Morgan fingerprint density at radius 1 is 1.44 bits per heavy atom. The third kappa shape index (κ3) is 1.71. The molecular formula is C13H19NO2. The highest BCUT2D eigenvalue weighted by Crippen LogP contribution is 2.56. The van der Waals surface area contributed by atoms with Crippen molar-refractivity contribution >= 4 is 5.97 Å². The predicted octanol–water partition coefficient (Wildman–Crippen LogP) is 2.66.